The van der Waals surface area contributed by atoms with Crippen LogP contribution >= 0.6 is 0 Å². The van der Waals surface area contributed by atoms with Crippen LogP contribution in [0.3, 0.4) is 0 Å². The van der Waals surface area contributed by atoms with Crippen molar-refractivity contribution in [3.63, 3.8) is 0 Å². The van der Waals surface area contributed by atoms with Gasteiger partial charge in [-0.25, -0.2) is 0 Å². The molecule has 1 saturated carbocycles. The summed E-state index contributed by atoms with van der Waals surface area (Å²) in [5.41, 5.74) is -0.373. The summed E-state index contributed by atoms with van der Waals surface area (Å²) in [6.45, 7) is 5.58. The molecule has 0 bridgehead atoms. The van der Waals surface area contributed by atoms with Crippen molar-refractivity contribution in [2.24, 2.45) is 0 Å². The van der Waals surface area contributed by atoms with E-state index >= 15 is 0 Å². The minimum atomic E-state index is -0.373. The molecule has 3 heteroatoms. The number of rotatable bonds is 1. The molecule has 1 aliphatic carbocycles. The summed E-state index contributed by atoms with van der Waals surface area (Å²) in [4.78, 5) is 13.7. The van der Waals surface area contributed by atoms with Crippen LogP contribution in [0.4, 0.5) is 0 Å². The number of hydrogen-bond donors (Lipinski definition) is 0. The Balaban J connectivity index is 2.11. The minimum Gasteiger partial charge on any atom is -0.363 e. The fourth-order valence-electron chi connectivity index (χ4n) is 1.73. The summed E-state index contributed by atoms with van der Waals surface area (Å²) in [6.07, 6.45) is 1.85. The Kier molecular flexibility index (Phi) is 1.65. The monoisotopic (exact) mass is 169 g/mol. The number of morpholine rings is 1. The van der Waals surface area contributed by atoms with Crippen molar-refractivity contribution in [3.8, 4) is 0 Å². The van der Waals surface area contributed by atoms with Crippen molar-refractivity contribution in [2.75, 3.05) is 13.2 Å². The molecule has 0 aromatic heterocycles. The number of hydrogen-bond acceptors (Lipinski definition) is 2. The van der Waals surface area contributed by atoms with Crippen molar-refractivity contribution in [3.05, 3.63) is 0 Å². The van der Waals surface area contributed by atoms with E-state index in [1.54, 1.807) is 0 Å². The van der Waals surface area contributed by atoms with Gasteiger partial charge in [-0.3, -0.25) is 4.79 Å². The molecule has 1 spiro atoms. The third kappa shape index (κ3) is 1.04. The van der Waals surface area contributed by atoms with Crippen LogP contribution in [0.15, 0.2) is 0 Å². The number of carbonyl (C=O) groups is 1. The van der Waals surface area contributed by atoms with Gasteiger partial charge in [0, 0.05) is 12.6 Å². The standard InChI is InChI=1S/C9H15NO2/c1-7(2)10-5-6-12-9(3-4-9)8(10)11/h7H,3-6H2,1-2H3. The highest BCUT2D eigenvalue weighted by Crippen LogP contribution is 2.43. The van der Waals surface area contributed by atoms with E-state index in [1.165, 1.54) is 0 Å². The highest BCUT2D eigenvalue weighted by atomic mass is 16.5. The fraction of sp³-hybridized carbons (Fsp3) is 0.889. The molecule has 2 fully saturated rings. The van der Waals surface area contributed by atoms with Crippen LogP contribution in [0, 0.1) is 0 Å². The first-order valence-corrected chi connectivity index (χ1v) is 4.61. The van der Waals surface area contributed by atoms with Crippen molar-refractivity contribution in [1.82, 2.24) is 4.90 Å². The Morgan fingerprint density at radius 1 is 1.50 bits per heavy atom. The Morgan fingerprint density at radius 3 is 2.67 bits per heavy atom. The van der Waals surface area contributed by atoms with Crippen LogP contribution in [-0.4, -0.2) is 35.6 Å². The first-order chi connectivity index (χ1) is 5.66. The van der Waals surface area contributed by atoms with Gasteiger partial charge in [0.05, 0.1) is 6.61 Å². The second kappa shape index (κ2) is 2.46. The molecule has 0 radical (unpaired) electrons. The largest absolute Gasteiger partial charge is 0.363 e. The van der Waals surface area contributed by atoms with Crippen LogP contribution in [0.5, 0.6) is 0 Å². The third-order valence-corrected chi connectivity index (χ3v) is 2.69. The second-order valence-corrected chi connectivity index (χ2v) is 3.94. The predicted molar refractivity (Wildman–Crippen MR) is 44.8 cm³/mol. The molecule has 2 rings (SSSR count). The molecule has 1 aliphatic heterocycles. The van der Waals surface area contributed by atoms with Crippen molar-refractivity contribution in [2.45, 2.75) is 38.3 Å². The average molecular weight is 169 g/mol. The quantitative estimate of drug-likeness (QED) is 0.580. The minimum absolute atomic E-state index is 0.212. The summed E-state index contributed by atoms with van der Waals surface area (Å²) in [5.74, 6) is 0.212. The van der Waals surface area contributed by atoms with Gasteiger partial charge in [0.2, 0.25) is 0 Å². The van der Waals surface area contributed by atoms with Crippen LogP contribution in [0.2, 0.25) is 0 Å². The molecule has 0 atom stereocenters. The van der Waals surface area contributed by atoms with Gasteiger partial charge in [-0.05, 0) is 26.7 Å². The van der Waals surface area contributed by atoms with Gasteiger partial charge in [-0.15, -0.1) is 0 Å². The van der Waals surface area contributed by atoms with Crippen molar-refractivity contribution >= 4 is 5.91 Å². The van der Waals surface area contributed by atoms with Crippen molar-refractivity contribution in [1.29, 1.82) is 0 Å². The molecule has 68 valence electrons. The first kappa shape index (κ1) is 8.05. The van der Waals surface area contributed by atoms with E-state index in [4.69, 9.17) is 4.74 Å². The molecule has 2 aliphatic rings. The maximum absolute atomic E-state index is 11.8. The smallest absolute Gasteiger partial charge is 0.255 e. The SMILES string of the molecule is CC(C)N1CCOC2(CC2)C1=O. The van der Waals surface area contributed by atoms with Crippen LogP contribution in [0.1, 0.15) is 26.7 Å². The number of ether oxygens (including phenoxy) is 1. The Labute approximate surface area is 72.7 Å². The van der Waals surface area contributed by atoms with Crippen LogP contribution in [0.25, 0.3) is 0 Å². The molecule has 1 saturated heterocycles. The summed E-state index contributed by atoms with van der Waals surface area (Å²) in [6, 6.07) is 0.318. The van der Waals surface area contributed by atoms with Gasteiger partial charge in [0.1, 0.15) is 5.60 Å². The molecular formula is C9H15NO2. The van der Waals surface area contributed by atoms with Crippen LogP contribution < -0.4 is 0 Å². The zero-order chi connectivity index (χ0) is 8.77. The molecule has 3 nitrogen and oxygen atoms in total. The van der Waals surface area contributed by atoms with Gasteiger partial charge >= 0.3 is 0 Å². The topological polar surface area (TPSA) is 29.5 Å². The van der Waals surface area contributed by atoms with E-state index in [-0.39, 0.29) is 11.5 Å². The lowest BCUT2D eigenvalue weighted by Gasteiger charge is -2.35. The molecule has 12 heavy (non-hydrogen) atoms. The number of nitrogens with zero attached hydrogens (tertiary/aromatic N) is 1. The maximum atomic E-state index is 11.8. The molecule has 0 N–H and O–H groups in total. The summed E-state index contributed by atoms with van der Waals surface area (Å²) in [5, 5.41) is 0. The van der Waals surface area contributed by atoms with Crippen molar-refractivity contribution < 1.29 is 9.53 Å². The van der Waals surface area contributed by atoms with E-state index < -0.39 is 0 Å². The second-order valence-electron chi connectivity index (χ2n) is 3.94. The number of amides is 1. The van der Waals surface area contributed by atoms with Gasteiger partial charge < -0.3 is 9.64 Å². The van der Waals surface area contributed by atoms with Gasteiger partial charge in [-0.1, -0.05) is 0 Å². The van der Waals surface area contributed by atoms with E-state index in [2.05, 4.69) is 13.8 Å². The molecular weight excluding hydrogens is 154 g/mol. The van der Waals surface area contributed by atoms with Gasteiger partial charge in [-0.2, -0.15) is 0 Å². The predicted octanol–water partition coefficient (Wildman–Crippen LogP) is 0.786. The summed E-state index contributed by atoms with van der Waals surface area (Å²) in [7, 11) is 0. The Hall–Kier alpha value is -0.570. The normalized spacial score (nSPS) is 26.9. The molecule has 0 unspecified atom stereocenters. The highest BCUT2D eigenvalue weighted by Gasteiger charge is 2.55. The molecule has 0 aromatic carbocycles. The van der Waals surface area contributed by atoms with E-state index in [0.717, 1.165) is 19.4 Å². The lowest BCUT2D eigenvalue weighted by Crippen LogP contribution is -2.51. The van der Waals surface area contributed by atoms with Gasteiger partial charge in [0.25, 0.3) is 5.91 Å². The Bertz CT molecular complexity index is 209. The zero-order valence-corrected chi connectivity index (χ0v) is 7.67. The zero-order valence-electron chi connectivity index (χ0n) is 7.67. The van der Waals surface area contributed by atoms with E-state index in [9.17, 15) is 4.79 Å². The first-order valence-electron chi connectivity index (χ1n) is 4.61. The highest BCUT2D eigenvalue weighted by molar-refractivity contribution is 5.89. The Morgan fingerprint density at radius 2 is 2.17 bits per heavy atom. The summed E-state index contributed by atoms with van der Waals surface area (Å²) >= 11 is 0. The lowest BCUT2D eigenvalue weighted by atomic mass is 10.2. The van der Waals surface area contributed by atoms with E-state index in [0.29, 0.717) is 12.6 Å². The third-order valence-electron chi connectivity index (χ3n) is 2.69. The molecule has 1 amide bonds. The lowest BCUT2D eigenvalue weighted by molar-refractivity contribution is -0.159. The van der Waals surface area contributed by atoms with Gasteiger partial charge in [0.15, 0.2) is 0 Å². The molecule has 1 heterocycles. The van der Waals surface area contributed by atoms with Crippen LogP contribution in [-0.2, 0) is 9.53 Å². The average Bonchev–Trinajstić information content (AvgIpc) is 2.76. The molecule has 0 aromatic rings. The number of carbonyl (C=O) groups excluding carboxylic acids is 1. The maximum Gasteiger partial charge on any atom is 0.255 e. The summed E-state index contributed by atoms with van der Waals surface area (Å²) < 4.78 is 5.48. The van der Waals surface area contributed by atoms with E-state index in [1.807, 2.05) is 4.90 Å². The fourth-order valence-corrected chi connectivity index (χ4v) is 1.73.